The minimum Gasteiger partial charge on any atom is -0.460 e. The van der Waals surface area contributed by atoms with Crippen molar-refractivity contribution in [3.8, 4) is 0 Å². The Morgan fingerprint density at radius 1 is 1.23 bits per heavy atom. The van der Waals surface area contributed by atoms with Gasteiger partial charge in [-0.1, -0.05) is 0 Å². The van der Waals surface area contributed by atoms with Crippen LogP contribution in [0.1, 0.15) is 58.7 Å². The Morgan fingerprint density at radius 2 is 1.80 bits per heavy atom. The van der Waals surface area contributed by atoms with Crippen LogP contribution in [0.25, 0.3) is 0 Å². The number of nitrogens with one attached hydrogen (secondary N) is 1. The summed E-state index contributed by atoms with van der Waals surface area (Å²) in [6, 6.07) is 0.433. The first-order valence-electron chi connectivity index (χ1n) is 10.6. The molecule has 1 aliphatic carbocycles. The number of nitrogens with zero attached hydrogens (tertiary/aromatic N) is 4. The fourth-order valence-electron chi connectivity index (χ4n) is 4.30. The lowest BCUT2D eigenvalue weighted by Gasteiger charge is -2.44. The van der Waals surface area contributed by atoms with Crippen LogP contribution >= 0.6 is 0 Å². The molecular formula is C21H34N6O3. The Kier molecular flexibility index (Phi) is 6.62. The Bertz CT molecular complexity index is 745. The van der Waals surface area contributed by atoms with E-state index in [1.165, 1.54) is 0 Å². The van der Waals surface area contributed by atoms with Gasteiger partial charge in [0.2, 0.25) is 0 Å². The summed E-state index contributed by atoms with van der Waals surface area (Å²) in [5, 5.41) is 18.2. The molecule has 1 aliphatic heterocycles. The van der Waals surface area contributed by atoms with Gasteiger partial charge in [-0.2, -0.15) is 0 Å². The number of ether oxygens (including phenoxy) is 1. The van der Waals surface area contributed by atoms with Gasteiger partial charge in [0.05, 0.1) is 30.1 Å². The number of esters is 1. The zero-order valence-corrected chi connectivity index (χ0v) is 18.2. The summed E-state index contributed by atoms with van der Waals surface area (Å²) in [4.78, 5) is 25.1. The van der Waals surface area contributed by atoms with Crippen molar-refractivity contribution in [2.24, 2.45) is 5.73 Å². The number of nitrogen functional groups attached to an aromatic ring is 1. The van der Waals surface area contributed by atoms with Crippen molar-refractivity contribution < 1.29 is 14.6 Å². The summed E-state index contributed by atoms with van der Waals surface area (Å²) in [6.45, 7) is 9.15. The van der Waals surface area contributed by atoms with Crippen molar-refractivity contribution in [3.05, 3.63) is 18.2 Å². The molecule has 166 valence electrons. The van der Waals surface area contributed by atoms with E-state index in [1.807, 2.05) is 20.8 Å². The summed E-state index contributed by atoms with van der Waals surface area (Å²) >= 11 is 0. The van der Waals surface area contributed by atoms with Crippen LogP contribution in [0.2, 0.25) is 0 Å². The molecule has 2 aliphatic rings. The van der Waals surface area contributed by atoms with Crippen LogP contribution in [0.3, 0.4) is 0 Å². The van der Waals surface area contributed by atoms with Crippen LogP contribution in [0.4, 0.5) is 5.69 Å². The van der Waals surface area contributed by atoms with E-state index in [0.717, 1.165) is 44.7 Å². The molecule has 9 nitrogen and oxygen atoms in total. The molecule has 4 N–H and O–H groups in total. The number of anilines is 1. The molecule has 2 heterocycles. The molecule has 2 fully saturated rings. The number of hydrogen-bond donors (Lipinski definition) is 3. The molecule has 1 aromatic heterocycles. The summed E-state index contributed by atoms with van der Waals surface area (Å²) in [6.07, 6.45) is 6.52. The molecule has 0 radical (unpaired) electrons. The molecule has 0 aromatic carbocycles. The van der Waals surface area contributed by atoms with Crippen molar-refractivity contribution >= 4 is 17.5 Å². The fourth-order valence-corrected chi connectivity index (χ4v) is 4.30. The minimum absolute atomic E-state index is 0.0705. The zero-order valence-electron chi connectivity index (χ0n) is 18.2. The van der Waals surface area contributed by atoms with Gasteiger partial charge >= 0.3 is 5.97 Å². The van der Waals surface area contributed by atoms with Crippen molar-refractivity contribution in [3.63, 3.8) is 0 Å². The quantitative estimate of drug-likeness (QED) is 0.371. The number of carbonyl (C=O) groups excluding carboxylic acids is 1. The lowest BCUT2D eigenvalue weighted by atomic mass is 9.79. The highest BCUT2D eigenvalue weighted by atomic mass is 16.6. The zero-order chi connectivity index (χ0) is 21.9. The molecule has 0 bridgehead atoms. The highest BCUT2D eigenvalue weighted by Crippen LogP contribution is 2.34. The molecule has 1 saturated heterocycles. The smallest absolute Gasteiger partial charge is 0.309 e. The summed E-state index contributed by atoms with van der Waals surface area (Å²) < 4.78 is 5.38. The van der Waals surface area contributed by atoms with Gasteiger partial charge in [0.25, 0.3) is 0 Å². The van der Waals surface area contributed by atoms with Crippen LogP contribution in [0.5, 0.6) is 0 Å². The lowest BCUT2D eigenvalue weighted by Crippen LogP contribution is -2.53. The Balaban J connectivity index is 1.46. The summed E-state index contributed by atoms with van der Waals surface area (Å²) in [5.41, 5.74) is 4.88. The number of aliphatic hydroxyl groups is 1. The molecule has 0 atom stereocenters. The Labute approximate surface area is 178 Å². The van der Waals surface area contributed by atoms with E-state index in [1.54, 1.807) is 12.4 Å². The lowest BCUT2D eigenvalue weighted by molar-refractivity contribution is -0.162. The van der Waals surface area contributed by atoms with Gasteiger partial charge in [0.15, 0.2) is 11.7 Å². The first-order chi connectivity index (χ1) is 14.0. The van der Waals surface area contributed by atoms with Crippen LogP contribution in [-0.2, 0) is 9.53 Å². The van der Waals surface area contributed by atoms with Gasteiger partial charge in [0.1, 0.15) is 5.60 Å². The topological polar surface area (TPSA) is 129 Å². The molecule has 9 heteroatoms. The minimum atomic E-state index is -0.948. The molecule has 0 unspecified atom stereocenters. The van der Waals surface area contributed by atoms with Gasteiger partial charge in [-0.25, -0.2) is 9.97 Å². The standard InChI is InChI=1S/C21H34N6O3/c1-20(2,3)30-17(28)12-21(29)6-4-15(5-7-21)26-8-10-27(11-9-26)16-13-24-19(18(22)23)25-14-16/h13-15,29H,4-12H2,1-3H3,(H3,22,23)/t15-,21-. The normalized spacial score (nSPS) is 25.7. The third-order valence-electron chi connectivity index (χ3n) is 5.85. The third-order valence-corrected chi connectivity index (χ3v) is 5.85. The van der Waals surface area contributed by atoms with E-state index in [4.69, 9.17) is 15.9 Å². The molecule has 3 rings (SSSR count). The van der Waals surface area contributed by atoms with Gasteiger partial charge in [-0.3, -0.25) is 15.1 Å². The summed E-state index contributed by atoms with van der Waals surface area (Å²) in [7, 11) is 0. The highest BCUT2D eigenvalue weighted by Gasteiger charge is 2.38. The van der Waals surface area contributed by atoms with Crippen LogP contribution in [0.15, 0.2) is 12.4 Å². The van der Waals surface area contributed by atoms with Crippen LogP contribution in [-0.4, -0.2) is 75.2 Å². The van der Waals surface area contributed by atoms with E-state index in [-0.39, 0.29) is 24.1 Å². The SMILES string of the molecule is CC(C)(C)OC(=O)C[C@]1(O)CC[C@H](N2CCN(c3cnc(C(=N)N)nc3)CC2)CC1. The van der Waals surface area contributed by atoms with E-state index in [2.05, 4.69) is 19.8 Å². The number of amidine groups is 1. The molecule has 1 saturated carbocycles. The molecule has 1 aromatic rings. The van der Waals surface area contributed by atoms with E-state index >= 15 is 0 Å². The Morgan fingerprint density at radius 3 is 2.30 bits per heavy atom. The first kappa shape index (κ1) is 22.4. The third kappa shape index (κ3) is 5.89. The van der Waals surface area contributed by atoms with Crippen molar-refractivity contribution in [1.82, 2.24) is 14.9 Å². The van der Waals surface area contributed by atoms with Crippen molar-refractivity contribution in [2.45, 2.75) is 70.1 Å². The highest BCUT2D eigenvalue weighted by molar-refractivity contribution is 5.91. The van der Waals surface area contributed by atoms with Crippen LogP contribution in [0, 0.1) is 5.41 Å². The fraction of sp³-hybridized carbons (Fsp3) is 0.714. The van der Waals surface area contributed by atoms with Gasteiger partial charge in [0, 0.05) is 32.2 Å². The second-order valence-corrected chi connectivity index (χ2v) is 9.42. The molecule has 30 heavy (non-hydrogen) atoms. The van der Waals surface area contributed by atoms with Gasteiger partial charge in [-0.15, -0.1) is 0 Å². The van der Waals surface area contributed by atoms with Gasteiger partial charge in [-0.05, 0) is 46.5 Å². The largest absolute Gasteiger partial charge is 0.460 e. The van der Waals surface area contributed by atoms with Crippen molar-refractivity contribution in [1.29, 1.82) is 5.41 Å². The molecule has 0 spiro atoms. The predicted molar refractivity (Wildman–Crippen MR) is 115 cm³/mol. The second kappa shape index (κ2) is 8.85. The first-order valence-corrected chi connectivity index (χ1v) is 10.6. The van der Waals surface area contributed by atoms with Gasteiger partial charge < -0.3 is 20.5 Å². The summed E-state index contributed by atoms with van der Waals surface area (Å²) in [5.74, 6) is -0.205. The maximum atomic E-state index is 12.1. The monoisotopic (exact) mass is 418 g/mol. The number of nitrogens with two attached hydrogens (primary N) is 1. The number of rotatable bonds is 5. The second-order valence-electron chi connectivity index (χ2n) is 9.42. The number of carbonyl (C=O) groups is 1. The maximum Gasteiger partial charge on any atom is 0.309 e. The molecule has 0 amide bonds. The average molecular weight is 419 g/mol. The number of hydrogen-bond acceptors (Lipinski definition) is 8. The maximum absolute atomic E-state index is 12.1. The number of aromatic nitrogens is 2. The number of piperazine rings is 1. The van der Waals surface area contributed by atoms with E-state index in [0.29, 0.717) is 18.9 Å². The van der Waals surface area contributed by atoms with E-state index in [9.17, 15) is 9.90 Å². The predicted octanol–water partition coefficient (Wildman–Crippen LogP) is 1.29. The Hall–Kier alpha value is -2.26. The molecular weight excluding hydrogens is 384 g/mol. The average Bonchev–Trinajstić information content (AvgIpc) is 2.67. The van der Waals surface area contributed by atoms with E-state index < -0.39 is 11.2 Å². The van der Waals surface area contributed by atoms with Crippen LogP contribution < -0.4 is 10.6 Å². The van der Waals surface area contributed by atoms with Crippen molar-refractivity contribution in [2.75, 3.05) is 31.1 Å².